The van der Waals surface area contributed by atoms with Crippen molar-refractivity contribution in [2.75, 3.05) is 26.2 Å². The second kappa shape index (κ2) is 13.3. The Morgan fingerprint density at radius 2 is 1.95 bits per heavy atom. The monoisotopic (exact) mass is 344 g/mol. The zero-order chi connectivity index (χ0) is 16.0. The maximum absolute atomic E-state index is 6.01. The van der Waals surface area contributed by atoms with Gasteiger partial charge in [0.1, 0.15) is 4.32 Å². The fourth-order valence-corrected chi connectivity index (χ4v) is 3.02. The number of nitrogens with one attached hydrogen (secondary N) is 2. The van der Waals surface area contributed by atoms with Crippen LogP contribution in [0.4, 0.5) is 0 Å². The molecule has 0 radical (unpaired) electrons. The van der Waals surface area contributed by atoms with Crippen LogP contribution in [0.15, 0.2) is 12.7 Å². The van der Waals surface area contributed by atoms with Crippen LogP contribution in [-0.2, 0) is 4.74 Å². The molecule has 1 aliphatic carbocycles. The van der Waals surface area contributed by atoms with E-state index in [2.05, 4.69) is 29.8 Å². The first-order chi connectivity index (χ1) is 10.7. The normalized spacial score (nSPS) is 21.5. The molecule has 5 heteroatoms. The predicted molar refractivity (Wildman–Crippen MR) is 103 cm³/mol. The Kier molecular flexibility index (Phi) is 12.1. The Bertz CT molecular complexity index is 305. The molecular formula is C17H32N2OS2. The zero-order valence-electron chi connectivity index (χ0n) is 13.7. The van der Waals surface area contributed by atoms with Crippen LogP contribution in [0.3, 0.4) is 0 Å². The van der Waals surface area contributed by atoms with Gasteiger partial charge in [-0.2, -0.15) is 0 Å². The maximum Gasteiger partial charge on any atom is 0.130 e. The van der Waals surface area contributed by atoms with Gasteiger partial charge in [0.05, 0.1) is 6.10 Å². The summed E-state index contributed by atoms with van der Waals surface area (Å²) in [4.78, 5) is 0. The molecule has 0 aliphatic heterocycles. The molecule has 0 atom stereocenters. The lowest BCUT2D eigenvalue weighted by molar-refractivity contribution is 0.0167. The number of ether oxygens (including phenoxy) is 1. The first-order valence-electron chi connectivity index (χ1n) is 8.62. The van der Waals surface area contributed by atoms with Crippen molar-refractivity contribution >= 4 is 29.2 Å². The molecule has 1 aliphatic rings. The molecule has 3 nitrogen and oxygen atoms in total. The largest absolute Gasteiger partial charge is 0.378 e. The van der Waals surface area contributed by atoms with Crippen LogP contribution in [-0.4, -0.2) is 36.7 Å². The van der Waals surface area contributed by atoms with E-state index >= 15 is 0 Å². The molecule has 0 aromatic rings. The third kappa shape index (κ3) is 10.6. The fourth-order valence-electron chi connectivity index (χ4n) is 2.84. The highest BCUT2D eigenvalue weighted by Gasteiger charge is 2.21. The first-order valence-corrected chi connectivity index (χ1v) is 9.48. The third-order valence-corrected chi connectivity index (χ3v) is 4.51. The molecular weight excluding hydrogens is 312 g/mol. The minimum Gasteiger partial charge on any atom is -0.378 e. The Morgan fingerprint density at radius 3 is 2.64 bits per heavy atom. The molecule has 0 bridgehead atoms. The standard InChI is InChI=1S/C17H32N2OS2/c1-2-3-11-18-12-5-4-6-13-20-16-9-7-15(8-10-16)14-19-17(21)22/h2,15-16,18H,1,3-14H2,(H2,19,21,22). The zero-order valence-corrected chi connectivity index (χ0v) is 15.4. The van der Waals surface area contributed by atoms with Gasteiger partial charge in [-0.3, -0.25) is 0 Å². The summed E-state index contributed by atoms with van der Waals surface area (Å²) in [5, 5.41) is 6.58. The number of hydrogen-bond acceptors (Lipinski definition) is 3. The summed E-state index contributed by atoms with van der Waals surface area (Å²) in [5.41, 5.74) is 0. The van der Waals surface area contributed by atoms with E-state index in [9.17, 15) is 0 Å². The van der Waals surface area contributed by atoms with Gasteiger partial charge in [0, 0.05) is 13.2 Å². The van der Waals surface area contributed by atoms with Gasteiger partial charge in [-0.15, -0.1) is 19.2 Å². The second-order valence-corrected chi connectivity index (χ2v) is 7.25. The molecule has 0 aromatic carbocycles. The number of thiocarbonyl (C=S) groups is 1. The highest BCUT2D eigenvalue weighted by Crippen LogP contribution is 2.26. The minimum atomic E-state index is 0.477. The van der Waals surface area contributed by atoms with Crippen molar-refractivity contribution in [2.45, 2.75) is 57.5 Å². The molecule has 0 aromatic heterocycles. The SMILES string of the molecule is C=CCCNCCCCCOC1CCC(CNC(=S)S)CC1. The minimum absolute atomic E-state index is 0.477. The topological polar surface area (TPSA) is 33.3 Å². The van der Waals surface area contributed by atoms with Gasteiger partial charge in [0.15, 0.2) is 0 Å². The maximum atomic E-state index is 6.01. The summed E-state index contributed by atoms with van der Waals surface area (Å²) < 4.78 is 6.62. The first kappa shape index (κ1) is 19.9. The Hall–Kier alpha value is -0.100. The molecule has 1 fully saturated rings. The summed E-state index contributed by atoms with van der Waals surface area (Å²) in [6.07, 6.45) is 12.0. The van der Waals surface area contributed by atoms with E-state index in [4.69, 9.17) is 17.0 Å². The third-order valence-electron chi connectivity index (χ3n) is 4.21. The summed E-state index contributed by atoms with van der Waals surface area (Å²) >= 11 is 9.03. The van der Waals surface area contributed by atoms with Gasteiger partial charge < -0.3 is 15.4 Å². The second-order valence-electron chi connectivity index (χ2n) is 6.09. The van der Waals surface area contributed by atoms with Crippen molar-refractivity contribution in [1.82, 2.24) is 10.6 Å². The van der Waals surface area contributed by atoms with Crippen LogP contribution < -0.4 is 10.6 Å². The quantitative estimate of drug-likeness (QED) is 0.218. The van der Waals surface area contributed by atoms with E-state index in [0.717, 1.165) is 38.6 Å². The summed E-state index contributed by atoms with van der Waals surface area (Å²) in [6, 6.07) is 0. The van der Waals surface area contributed by atoms with E-state index in [1.807, 2.05) is 6.08 Å². The smallest absolute Gasteiger partial charge is 0.130 e. The summed E-state index contributed by atoms with van der Waals surface area (Å²) in [6.45, 7) is 7.76. The number of unbranched alkanes of at least 4 members (excludes halogenated alkanes) is 2. The number of hydrogen-bond donors (Lipinski definition) is 3. The van der Waals surface area contributed by atoms with Crippen LogP contribution in [0.2, 0.25) is 0 Å². The van der Waals surface area contributed by atoms with Gasteiger partial charge in [0.2, 0.25) is 0 Å². The van der Waals surface area contributed by atoms with E-state index in [1.54, 1.807) is 0 Å². The van der Waals surface area contributed by atoms with E-state index in [0.29, 0.717) is 10.4 Å². The van der Waals surface area contributed by atoms with Crippen molar-refractivity contribution in [1.29, 1.82) is 0 Å². The lowest BCUT2D eigenvalue weighted by atomic mass is 9.87. The molecule has 0 heterocycles. The predicted octanol–water partition coefficient (Wildman–Crippen LogP) is 3.70. The highest BCUT2D eigenvalue weighted by molar-refractivity contribution is 8.11. The van der Waals surface area contributed by atoms with Crippen molar-refractivity contribution in [3.8, 4) is 0 Å². The molecule has 0 unspecified atom stereocenters. The van der Waals surface area contributed by atoms with E-state index in [-0.39, 0.29) is 0 Å². The Morgan fingerprint density at radius 1 is 1.18 bits per heavy atom. The van der Waals surface area contributed by atoms with Gasteiger partial charge in [0.25, 0.3) is 0 Å². The van der Waals surface area contributed by atoms with E-state index in [1.165, 1.54) is 44.9 Å². The van der Waals surface area contributed by atoms with Crippen LogP contribution in [0.25, 0.3) is 0 Å². The van der Waals surface area contributed by atoms with Crippen LogP contribution in [0.5, 0.6) is 0 Å². The molecule has 1 saturated carbocycles. The Balaban J connectivity index is 1.88. The van der Waals surface area contributed by atoms with Crippen LogP contribution in [0, 0.1) is 5.92 Å². The average Bonchev–Trinajstić information content (AvgIpc) is 2.52. The van der Waals surface area contributed by atoms with Gasteiger partial charge >= 0.3 is 0 Å². The molecule has 1 rings (SSSR count). The fraction of sp³-hybridized carbons (Fsp3) is 0.824. The van der Waals surface area contributed by atoms with Crippen molar-refractivity contribution in [3.63, 3.8) is 0 Å². The van der Waals surface area contributed by atoms with Crippen molar-refractivity contribution in [2.24, 2.45) is 5.92 Å². The molecule has 0 spiro atoms. The summed E-state index contributed by atoms with van der Waals surface area (Å²) in [5.74, 6) is 0.728. The lowest BCUT2D eigenvalue weighted by Crippen LogP contribution is -2.30. The lowest BCUT2D eigenvalue weighted by Gasteiger charge is -2.28. The Labute approximate surface area is 147 Å². The molecule has 128 valence electrons. The summed E-state index contributed by atoms with van der Waals surface area (Å²) in [7, 11) is 0. The molecule has 0 amide bonds. The van der Waals surface area contributed by atoms with Crippen molar-refractivity contribution < 1.29 is 4.74 Å². The van der Waals surface area contributed by atoms with Crippen molar-refractivity contribution in [3.05, 3.63) is 12.7 Å². The molecule has 22 heavy (non-hydrogen) atoms. The van der Waals surface area contributed by atoms with E-state index < -0.39 is 0 Å². The van der Waals surface area contributed by atoms with Gasteiger partial charge in [-0.05, 0) is 70.4 Å². The molecule has 2 N–H and O–H groups in total. The number of thiol groups is 1. The van der Waals surface area contributed by atoms with Crippen LogP contribution >= 0.6 is 24.8 Å². The van der Waals surface area contributed by atoms with Crippen LogP contribution in [0.1, 0.15) is 51.4 Å². The number of rotatable bonds is 12. The average molecular weight is 345 g/mol. The van der Waals surface area contributed by atoms with Gasteiger partial charge in [-0.25, -0.2) is 0 Å². The van der Waals surface area contributed by atoms with Gasteiger partial charge in [-0.1, -0.05) is 18.3 Å². The molecule has 0 saturated heterocycles. The highest BCUT2D eigenvalue weighted by atomic mass is 32.1.